The maximum absolute atomic E-state index is 9.51. The van der Waals surface area contributed by atoms with Crippen molar-refractivity contribution in [3.05, 3.63) is 23.0 Å². The summed E-state index contributed by atoms with van der Waals surface area (Å²) in [5.74, 6) is 0.874. The highest BCUT2D eigenvalue weighted by molar-refractivity contribution is 5.40. The molecule has 0 saturated heterocycles. The fraction of sp³-hybridized carbons (Fsp3) is 0.615. The largest absolute Gasteiger partial charge is 0.496 e. The van der Waals surface area contributed by atoms with Gasteiger partial charge in [0.25, 0.3) is 0 Å². The second-order valence-electron chi connectivity index (χ2n) is 4.29. The number of methoxy groups -OCH3 is 2. The minimum atomic E-state index is -0.498. The smallest absolute Gasteiger partial charge is 0.128 e. The molecule has 1 aromatic rings. The number of rotatable bonds is 7. The number of aliphatic hydroxyl groups excluding tert-OH is 1. The van der Waals surface area contributed by atoms with E-state index in [0.717, 1.165) is 22.6 Å². The van der Waals surface area contributed by atoms with Crippen LogP contribution in [0.25, 0.3) is 0 Å². The second kappa shape index (κ2) is 7.31. The molecule has 18 heavy (non-hydrogen) atoms. The zero-order valence-electron chi connectivity index (χ0n) is 11.5. The first-order chi connectivity index (χ1) is 8.60. The van der Waals surface area contributed by atoms with Gasteiger partial charge in [-0.2, -0.15) is 0 Å². The van der Waals surface area contributed by atoms with Crippen molar-refractivity contribution in [1.82, 2.24) is 10.3 Å². The lowest BCUT2D eigenvalue weighted by Gasteiger charge is -2.14. The fourth-order valence-corrected chi connectivity index (χ4v) is 1.86. The van der Waals surface area contributed by atoms with E-state index in [2.05, 4.69) is 10.3 Å². The monoisotopic (exact) mass is 254 g/mol. The summed E-state index contributed by atoms with van der Waals surface area (Å²) in [6, 6.07) is 0. The molecule has 0 bridgehead atoms. The van der Waals surface area contributed by atoms with Crippen LogP contribution in [0.2, 0.25) is 0 Å². The van der Waals surface area contributed by atoms with Crippen molar-refractivity contribution >= 4 is 0 Å². The average Bonchev–Trinajstić information content (AvgIpc) is 2.33. The molecule has 1 unspecified atom stereocenters. The molecule has 0 spiro atoms. The Bertz CT molecular complexity index is 383. The van der Waals surface area contributed by atoms with E-state index < -0.39 is 6.10 Å². The van der Waals surface area contributed by atoms with E-state index in [4.69, 9.17) is 9.47 Å². The Balaban J connectivity index is 2.58. The molecular formula is C13H22N2O3. The number of nitrogens with zero attached hydrogens (tertiary/aromatic N) is 1. The fourth-order valence-electron chi connectivity index (χ4n) is 1.86. The third-order valence-electron chi connectivity index (χ3n) is 2.78. The third-order valence-corrected chi connectivity index (χ3v) is 2.78. The van der Waals surface area contributed by atoms with Crippen molar-refractivity contribution in [3.63, 3.8) is 0 Å². The molecule has 1 rings (SSSR count). The van der Waals surface area contributed by atoms with Crippen LogP contribution in [0.3, 0.4) is 0 Å². The van der Waals surface area contributed by atoms with Gasteiger partial charge < -0.3 is 19.9 Å². The Labute approximate surface area is 108 Å². The predicted molar refractivity (Wildman–Crippen MR) is 69.9 cm³/mol. The van der Waals surface area contributed by atoms with E-state index >= 15 is 0 Å². The Morgan fingerprint density at radius 3 is 2.72 bits per heavy atom. The molecular weight excluding hydrogens is 232 g/mol. The Morgan fingerprint density at radius 1 is 1.39 bits per heavy atom. The van der Waals surface area contributed by atoms with Gasteiger partial charge in [-0.1, -0.05) is 0 Å². The van der Waals surface area contributed by atoms with Crippen molar-refractivity contribution in [2.24, 2.45) is 0 Å². The standard InChI is InChI=1S/C13H22N2O3/c1-9-5-15-12(10(2)13(9)18-4)7-14-6-11(16)8-17-3/h5,11,14,16H,6-8H2,1-4H3. The van der Waals surface area contributed by atoms with E-state index in [1.54, 1.807) is 20.4 Å². The highest BCUT2D eigenvalue weighted by Crippen LogP contribution is 2.23. The molecule has 2 N–H and O–H groups in total. The number of aliphatic hydroxyl groups is 1. The van der Waals surface area contributed by atoms with Gasteiger partial charge in [0.2, 0.25) is 0 Å². The Kier molecular flexibility index (Phi) is 6.04. The van der Waals surface area contributed by atoms with E-state index in [1.165, 1.54) is 0 Å². The van der Waals surface area contributed by atoms with Gasteiger partial charge in [-0.15, -0.1) is 0 Å². The summed E-state index contributed by atoms with van der Waals surface area (Å²) in [7, 11) is 3.23. The first-order valence-electron chi connectivity index (χ1n) is 5.97. The third kappa shape index (κ3) is 3.94. The van der Waals surface area contributed by atoms with Crippen LogP contribution in [0.15, 0.2) is 6.20 Å². The topological polar surface area (TPSA) is 63.6 Å². The molecule has 1 atom stereocenters. The molecule has 102 valence electrons. The molecule has 5 heteroatoms. The van der Waals surface area contributed by atoms with Crippen LogP contribution in [-0.4, -0.2) is 43.6 Å². The quantitative estimate of drug-likeness (QED) is 0.753. The SMILES string of the molecule is COCC(O)CNCc1ncc(C)c(OC)c1C. The maximum Gasteiger partial charge on any atom is 0.128 e. The summed E-state index contributed by atoms with van der Waals surface area (Å²) in [6.07, 6.45) is 1.30. The lowest BCUT2D eigenvalue weighted by molar-refractivity contribution is 0.0643. The van der Waals surface area contributed by atoms with E-state index in [-0.39, 0.29) is 0 Å². The minimum Gasteiger partial charge on any atom is -0.496 e. The lowest BCUT2D eigenvalue weighted by Crippen LogP contribution is -2.30. The molecule has 0 aromatic carbocycles. The molecule has 0 fully saturated rings. The molecule has 1 aromatic heterocycles. The molecule has 0 amide bonds. The van der Waals surface area contributed by atoms with Gasteiger partial charge in [0.15, 0.2) is 0 Å². The summed E-state index contributed by atoms with van der Waals surface area (Å²) in [6.45, 7) is 5.37. The number of aryl methyl sites for hydroxylation is 1. The zero-order valence-corrected chi connectivity index (χ0v) is 11.5. The van der Waals surface area contributed by atoms with Gasteiger partial charge >= 0.3 is 0 Å². The van der Waals surface area contributed by atoms with Gasteiger partial charge in [0.1, 0.15) is 5.75 Å². The van der Waals surface area contributed by atoms with Crippen LogP contribution in [0, 0.1) is 13.8 Å². The van der Waals surface area contributed by atoms with Crippen molar-refractivity contribution in [1.29, 1.82) is 0 Å². The van der Waals surface area contributed by atoms with E-state index in [1.807, 2.05) is 13.8 Å². The van der Waals surface area contributed by atoms with Gasteiger partial charge in [0, 0.05) is 37.5 Å². The van der Waals surface area contributed by atoms with Gasteiger partial charge in [0.05, 0.1) is 25.5 Å². The first-order valence-corrected chi connectivity index (χ1v) is 5.97. The number of nitrogens with one attached hydrogen (secondary N) is 1. The van der Waals surface area contributed by atoms with Crippen LogP contribution in [-0.2, 0) is 11.3 Å². The second-order valence-corrected chi connectivity index (χ2v) is 4.29. The summed E-state index contributed by atoms with van der Waals surface area (Å²) < 4.78 is 10.2. The van der Waals surface area contributed by atoms with Crippen molar-refractivity contribution < 1.29 is 14.6 Å². The molecule has 1 heterocycles. The Hall–Kier alpha value is -1.17. The molecule has 0 aliphatic carbocycles. The van der Waals surface area contributed by atoms with Gasteiger partial charge in [-0.3, -0.25) is 4.98 Å². The van der Waals surface area contributed by atoms with Crippen LogP contribution in [0.4, 0.5) is 0 Å². The predicted octanol–water partition coefficient (Wildman–Crippen LogP) is 0.804. The highest BCUT2D eigenvalue weighted by atomic mass is 16.5. The molecule has 0 radical (unpaired) electrons. The number of aromatic nitrogens is 1. The molecule has 0 aliphatic rings. The molecule has 0 aliphatic heterocycles. The van der Waals surface area contributed by atoms with Crippen LogP contribution < -0.4 is 10.1 Å². The first kappa shape index (κ1) is 14.9. The number of hydrogen-bond donors (Lipinski definition) is 2. The van der Waals surface area contributed by atoms with Crippen LogP contribution in [0.5, 0.6) is 5.75 Å². The maximum atomic E-state index is 9.51. The Morgan fingerprint density at radius 2 is 2.11 bits per heavy atom. The summed E-state index contributed by atoms with van der Waals surface area (Å²) in [4.78, 5) is 4.37. The van der Waals surface area contributed by atoms with Crippen molar-refractivity contribution in [3.8, 4) is 5.75 Å². The average molecular weight is 254 g/mol. The number of ether oxygens (including phenoxy) is 2. The van der Waals surface area contributed by atoms with Gasteiger partial charge in [-0.25, -0.2) is 0 Å². The minimum absolute atomic E-state index is 0.330. The van der Waals surface area contributed by atoms with Crippen molar-refractivity contribution in [2.45, 2.75) is 26.5 Å². The van der Waals surface area contributed by atoms with Crippen molar-refractivity contribution in [2.75, 3.05) is 27.4 Å². The summed E-state index contributed by atoms with van der Waals surface area (Å²) in [5.41, 5.74) is 2.99. The zero-order chi connectivity index (χ0) is 13.5. The lowest BCUT2D eigenvalue weighted by atomic mass is 10.1. The molecule has 5 nitrogen and oxygen atoms in total. The molecule has 0 saturated carbocycles. The van der Waals surface area contributed by atoms with Crippen LogP contribution in [0.1, 0.15) is 16.8 Å². The van der Waals surface area contributed by atoms with E-state index in [9.17, 15) is 5.11 Å². The van der Waals surface area contributed by atoms with Crippen LogP contribution >= 0.6 is 0 Å². The number of hydrogen-bond acceptors (Lipinski definition) is 5. The highest BCUT2D eigenvalue weighted by Gasteiger charge is 2.09. The number of pyridine rings is 1. The normalized spacial score (nSPS) is 12.5. The summed E-state index contributed by atoms with van der Waals surface area (Å²) in [5, 5.41) is 12.7. The van der Waals surface area contributed by atoms with E-state index in [0.29, 0.717) is 19.7 Å². The summed E-state index contributed by atoms with van der Waals surface area (Å²) >= 11 is 0. The van der Waals surface area contributed by atoms with Gasteiger partial charge in [-0.05, 0) is 13.8 Å².